The Bertz CT molecular complexity index is 410. The van der Waals surface area contributed by atoms with Gasteiger partial charge in [-0.05, 0) is 43.4 Å². The number of carbonyl (C=O) groups excluding carboxylic acids is 1. The third kappa shape index (κ3) is 1.56. The number of aliphatic hydroxyl groups is 1. The summed E-state index contributed by atoms with van der Waals surface area (Å²) < 4.78 is 5.72. The van der Waals surface area contributed by atoms with Crippen LogP contribution in [0.4, 0.5) is 0 Å². The first-order chi connectivity index (χ1) is 8.48. The van der Waals surface area contributed by atoms with E-state index in [-0.39, 0.29) is 12.6 Å². The van der Waals surface area contributed by atoms with Gasteiger partial charge in [-0.2, -0.15) is 0 Å². The van der Waals surface area contributed by atoms with Gasteiger partial charge >= 0.3 is 5.97 Å². The zero-order valence-electron chi connectivity index (χ0n) is 11.2. The van der Waals surface area contributed by atoms with E-state index >= 15 is 0 Å². The Morgan fingerprint density at radius 2 is 2.22 bits per heavy atom. The van der Waals surface area contributed by atoms with E-state index in [1.807, 2.05) is 6.08 Å². The summed E-state index contributed by atoms with van der Waals surface area (Å²) in [6.07, 6.45) is 6.60. The molecule has 0 aromatic carbocycles. The SMILES string of the molecule is CC1(C)C[C@H]2[C@H]1CCC1=CCC[C@]2(CO)OC1=O. The van der Waals surface area contributed by atoms with E-state index in [0.717, 1.165) is 37.7 Å². The van der Waals surface area contributed by atoms with E-state index in [4.69, 9.17) is 4.74 Å². The summed E-state index contributed by atoms with van der Waals surface area (Å²) in [4.78, 5) is 12.0. The lowest BCUT2D eigenvalue weighted by Crippen LogP contribution is -2.59. The predicted octanol–water partition coefficient (Wildman–Crippen LogP) is 2.44. The first kappa shape index (κ1) is 12.2. The highest BCUT2D eigenvalue weighted by molar-refractivity contribution is 5.89. The molecule has 1 N–H and O–H groups in total. The number of aliphatic hydroxyl groups excluding tert-OH is 1. The van der Waals surface area contributed by atoms with Crippen molar-refractivity contribution in [3.63, 3.8) is 0 Å². The Morgan fingerprint density at radius 1 is 1.44 bits per heavy atom. The first-order valence-electron chi connectivity index (χ1n) is 7.02. The summed E-state index contributed by atoms with van der Waals surface area (Å²) in [5, 5.41) is 9.82. The van der Waals surface area contributed by atoms with Crippen molar-refractivity contribution in [3.05, 3.63) is 11.6 Å². The zero-order chi connectivity index (χ0) is 13.0. The highest BCUT2D eigenvalue weighted by Crippen LogP contribution is 2.60. The molecule has 0 unspecified atom stereocenters. The molecule has 2 heterocycles. The van der Waals surface area contributed by atoms with Gasteiger partial charge in [0.1, 0.15) is 5.60 Å². The van der Waals surface area contributed by atoms with E-state index in [9.17, 15) is 9.90 Å². The summed E-state index contributed by atoms with van der Waals surface area (Å²) in [5.74, 6) is 0.721. The van der Waals surface area contributed by atoms with Crippen LogP contribution in [0.1, 0.15) is 46.0 Å². The molecule has 3 atom stereocenters. The topological polar surface area (TPSA) is 46.5 Å². The molecule has 0 spiro atoms. The van der Waals surface area contributed by atoms with E-state index in [1.54, 1.807) is 0 Å². The number of fused-ring (bicyclic) bond motifs is 5. The molecular weight excluding hydrogens is 228 g/mol. The zero-order valence-corrected chi connectivity index (χ0v) is 11.2. The maximum Gasteiger partial charge on any atom is 0.334 e. The van der Waals surface area contributed by atoms with Crippen molar-refractivity contribution in [2.75, 3.05) is 6.61 Å². The second-order valence-electron chi connectivity index (χ2n) is 6.82. The molecule has 0 aromatic rings. The number of ether oxygens (including phenoxy) is 1. The first-order valence-corrected chi connectivity index (χ1v) is 7.02. The third-order valence-electron chi connectivity index (χ3n) is 5.42. The van der Waals surface area contributed by atoms with Gasteiger partial charge in [-0.3, -0.25) is 0 Å². The summed E-state index contributed by atoms with van der Waals surface area (Å²) in [6, 6.07) is 0. The predicted molar refractivity (Wildman–Crippen MR) is 67.8 cm³/mol. The number of esters is 1. The van der Waals surface area contributed by atoms with Gasteiger partial charge in [-0.1, -0.05) is 19.9 Å². The largest absolute Gasteiger partial charge is 0.453 e. The molecular formula is C15H22O3. The van der Waals surface area contributed by atoms with Crippen molar-refractivity contribution in [1.29, 1.82) is 0 Å². The van der Waals surface area contributed by atoms with Gasteiger partial charge < -0.3 is 9.84 Å². The van der Waals surface area contributed by atoms with E-state index in [1.165, 1.54) is 0 Å². The van der Waals surface area contributed by atoms with E-state index in [2.05, 4.69) is 13.8 Å². The van der Waals surface area contributed by atoms with Gasteiger partial charge in [-0.15, -0.1) is 0 Å². The minimum Gasteiger partial charge on any atom is -0.453 e. The molecule has 1 saturated carbocycles. The molecule has 100 valence electrons. The Kier molecular flexibility index (Phi) is 2.60. The lowest BCUT2D eigenvalue weighted by molar-refractivity contribution is -0.204. The maximum atomic E-state index is 12.0. The number of rotatable bonds is 1. The molecule has 2 aliphatic heterocycles. The van der Waals surface area contributed by atoms with Crippen LogP contribution in [0.5, 0.6) is 0 Å². The minimum absolute atomic E-state index is 0.0306. The number of carbonyl (C=O) groups is 1. The maximum absolute atomic E-state index is 12.0. The van der Waals surface area contributed by atoms with Crippen LogP contribution >= 0.6 is 0 Å². The van der Waals surface area contributed by atoms with Gasteiger partial charge in [0.2, 0.25) is 0 Å². The normalized spacial score (nSPS) is 41.7. The average molecular weight is 250 g/mol. The Hall–Kier alpha value is -0.830. The van der Waals surface area contributed by atoms with Crippen molar-refractivity contribution >= 4 is 5.97 Å². The summed E-state index contributed by atoms with van der Waals surface area (Å²) in [5.41, 5.74) is 0.534. The smallest absolute Gasteiger partial charge is 0.334 e. The Labute approximate surface area is 108 Å². The summed E-state index contributed by atoms with van der Waals surface area (Å²) in [7, 11) is 0. The fraction of sp³-hybridized carbons (Fsp3) is 0.800. The van der Waals surface area contributed by atoms with Crippen LogP contribution in [0.25, 0.3) is 0 Å². The molecule has 3 aliphatic rings. The second-order valence-corrected chi connectivity index (χ2v) is 6.82. The van der Waals surface area contributed by atoms with Crippen LogP contribution < -0.4 is 0 Å². The van der Waals surface area contributed by atoms with Gasteiger partial charge in [0.15, 0.2) is 0 Å². The van der Waals surface area contributed by atoms with Crippen molar-refractivity contribution < 1.29 is 14.6 Å². The van der Waals surface area contributed by atoms with Crippen molar-refractivity contribution in [1.82, 2.24) is 0 Å². The molecule has 2 bridgehead atoms. The quantitative estimate of drug-likeness (QED) is 0.727. The highest BCUT2D eigenvalue weighted by Gasteiger charge is 2.59. The highest BCUT2D eigenvalue weighted by atomic mass is 16.6. The molecule has 3 rings (SSSR count). The number of hydrogen-bond donors (Lipinski definition) is 1. The number of allylic oxidation sites excluding steroid dienone is 1. The van der Waals surface area contributed by atoms with Crippen LogP contribution in [0, 0.1) is 17.3 Å². The molecule has 0 radical (unpaired) electrons. The van der Waals surface area contributed by atoms with Crippen LogP contribution in [0.15, 0.2) is 11.6 Å². The van der Waals surface area contributed by atoms with Gasteiger partial charge in [0.05, 0.1) is 6.61 Å². The Balaban J connectivity index is 1.99. The van der Waals surface area contributed by atoms with Crippen LogP contribution in [-0.4, -0.2) is 23.3 Å². The van der Waals surface area contributed by atoms with Crippen molar-refractivity contribution in [2.45, 2.75) is 51.6 Å². The van der Waals surface area contributed by atoms with Gasteiger partial charge in [0.25, 0.3) is 0 Å². The molecule has 3 heteroatoms. The molecule has 1 aliphatic carbocycles. The van der Waals surface area contributed by atoms with Crippen molar-refractivity contribution in [2.24, 2.45) is 17.3 Å². The van der Waals surface area contributed by atoms with Crippen LogP contribution in [-0.2, 0) is 9.53 Å². The van der Waals surface area contributed by atoms with E-state index in [0.29, 0.717) is 17.3 Å². The Morgan fingerprint density at radius 3 is 2.89 bits per heavy atom. The molecule has 1 saturated heterocycles. The second kappa shape index (κ2) is 3.83. The van der Waals surface area contributed by atoms with Gasteiger partial charge in [-0.25, -0.2) is 4.79 Å². The molecule has 0 aromatic heterocycles. The van der Waals surface area contributed by atoms with Gasteiger partial charge in [0, 0.05) is 11.5 Å². The molecule has 18 heavy (non-hydrogen) atoms. The fourth-order valence-corrected chi connectivity index (χ4v) is 4.27. The summed E-state index contributed by atoms with van der Waals surface area (Å²) in [6.45, 7) is 4.55. The monoisotopic (exact) mass is 250 g/mol. The third-order valence-corrected chi connectivity index (χ3v) is 5.42. The van der Waals surface area contributed by atoms with Crippen LogP contribution in [0.2, 0.25) is 0 Å². The minimum atomic E-state index is -0.615. The standard InChI is InChI=1S/C15H22O3/c1-14(2)8-12-11(14)6-5-10-4-3-7-15(12,9-16)18-13(10)17/h4,11-12,16H,3,5-9H2,1-2H3/t11-,12+,15-/m1/s1. The fourth-order valence-electron chi connectivity index (χ4n) is 4.27. The molecule has 2 fully saturated rings. The van der Waals surface area contributed by atoms with E-state index < -0.39 is 5.60 Å². The lowest BCUT2D eigenvalue weighted by Gasteiger charge is -2.58. The average Bonchev–Trinajstić information content (AvgIpc) is 2.42. The van der Waals surface area contributed by atoms with Crippen molar-refractivity contribution in [3.8, 4) is 0 Å². The van der Waals surface area contributed by atoms with Crippen LogP contribution in [0.3, 0.4) is 0 Å². The summed E-state index contributed by atoms with van der Waals surface area (Å²) >= 11 is 0. The molecule has 0 amide bonds. The molecule has 3 nitrogen and oxygen atoms in total. The lowest BCUT2D eigenvalue weighted by atomic mass is 9.49. The number of hydrogen-bond acceptors (Lipinski definition) is 3.